The fourth-order valence-electron chi connectivity index (χ4n) is 2.54. The molecule has 0 bridgehead atoms. The van der Waals surface area contributed by atoms with Crippen molar-refractivity contribution in [2.24, 2.45) is 0 Å². The van der Waals surface area contributed by atoms with Crippen LogP contribution in [0.3, 0.4) is 0 Å². The van der Waals surface area contributed by atoms with Gasteiger partial charge < -0.3 is 9.84 Å². The van der Waals surface area contributed by atoms with Gasteiger partial charge in [-0.2, -0.15) is 0 Å². The van der Waals surface area contributed by atoms with Gasteiger partial charge in [-0.05, 0) is 42.8 Å². The normalized spacial score (nSPS) is 17.5. The molecule has 3 rings (SSSR count). The van der Waals surface area contributed by atoms with Crippen molar-refractivity contribution in [1.82, 2.24) is 0 Å². The predicted molar refractivity (Wildman–Crippen MR) is 81.1 cm³/mol. The first-order valence-corrected chi connectivity index (χ1v) is 7.03. The highest BCUT2D eigenvalue weighted by Crippen LogP contribution is 2.29. The summed E-state index contributed by atoms with van der Waals surface area (Å²) in [6, 6.07) is 15.4. The van der Waals surface area contributed by atoms with E-state index < -0.39 is 12.0 Å². The minimum Gasteiger partial charge on any atom is -0.480 e. The third kappa shape index (κ3) is 2.79. The molecule has 0 unspecified atom stereocenters. The van der Waals surface area contributed by atoms with Crippen LogP contribution in [-0.2, 0) is 9.59 Å². The molecule has 1 fully saturated rings. The van der Waals surface area contributed by atoms with Crippen LogP contribution in [0.1, 0.15) is 12.8 Å². The number of carbonyl (C=O) groups is 2. The molecule has 22 heavy (non-hydrogen) atoms. The van der Waals surface area contributed by atoms with E-state index in [2.05, 4.69) is 0 Å². The molecule has 2 aromatic carbocycles. The number of aliphatic carboxylic acids is 1. The molecular weight excluding hydrogens is 282 g/mol. The Balaban J connectivity index is 1.79. The maximum atomic E-state index is 11.9. The zero-order valence-electron chi connectivity index (χ0n) is 11.8. The van der Waals surface area contributed by atoms with Gasteiger partial charge in [0, 0.05) is 12.1 Å². The highest BCUT2D eigenvalue weighted by molar-refractivity contribution is 6.02. The van der Waals surface area contributed by atoms with E-state index in [4.69, 9.17) is 4.74 Å². The molecular formula is C17H15NO4. The summed E-state index contributed by atoms with van der Waals surface area (Å²) < 4.78 is 5.68. The van der Waals surface area contributed by atoms with E-state index in [0.717, 1.165) is 5.75 Å². The van der Waals surface area contributed by atoms with Crippen molar-refractivity contribution < 1.29 is 19.4 Å². The van der Waals surface area contributed by atoms with Gasteiger partial charge in [-0.1, -0.05) is 18.2 Å². The first kappa shape index (κ1) is 14.1. The Hall–Kier alpha value is -2.82. The summed E-state index contributed by atoms with van der Waals surface area (Å²) in [6.07, 6.45) is 0.607. The third-order valence-electron chi connectivity index (χ3n) is 3.59. The van der Waals surface area contributed by atoms with Gasteiger partial charge in [0.1, 0.15) is 17.5 Å². The first-order valence-electron chi connectivity index (χ1n) is 7.03. The zero-order valence-corrected chi connectivity index (χ0v) is 11.8. The van der Waals surface area contributed by atoms with Crippen LogP contribution in [0.2, 0.25) is 0 Å². The van der Waals surface area contributed by atoms with Gasteiger partial charge in [-0.25, -0.2) is 4.79 Å². The molecule has 5 nitrogen and oxygen atoms in total. The molecule has 0 spiro atoms. The van der Waals surface area contributed by atoms with Crippen LogP contribution in [-0.4, -0.2) is 23.0 Å². The topological polar surface area (TPSA) is 66.8 Å². The number of hydrogen-bond acceptors (Lipinski definition) is 3. The molecule has 1 N–H and O–H groups in total. The van der Waals surface area contributed by atoms with E-state index in [-0.39, 0.29) is 12.3 Å². The van der Waals surface area contributed by atoms with E-state index in [1.165, 1.54) is 4.90 Å². The van der Waals surface area contributed by atoms with Gasteiger partial charge >= 0.3 is 5.97 Å². The number of carboxylic acid groups (broad SMARTS) is 1. The van der Waals surface area contributed by atoms with Gasteiger partial charge in [0.2, 0.25) is 5.91 Å². The highest BCUT2D eigenvalue weighted by atomic mass is 16.5. The van der Waals surface area contributed by atoms with Gasteiger partial charge in [-0.3, -0.25) is 9.69 Å². The Bertz CT molecular complexity index is 682. The standard InChI is InChI=1S/C17H15NO4/c19-16-11-10-15(17(20)21)18(16)12-6-8-14(9-7-12)22-13-4-2-1-3-5-13/h1-9,15H,10-11H2,(H,20,21)/t15-/m0/s1. The van der Waals surface area contributed by atoms with E-state index >= 15 is 0 Å². The number of para-hydroxylation sites is 1. The van der Waals surface area contributed by atoms with E-state index in [9.17, 15) is 14.7 Å². The zero-order chi connectivity index (χ0) is 15.5. The molecule has 1 atom stereocenters. The molecule has 1 heterocycles. The maximum Gasteiger partial charge on any atom is 0.326 e. The summed E-state index contributed by atoms with van der Waals surface area (Å²) in [4.78, 5) is 24.5. The second-order valence-corrected chi connectivity index (χ2v) is 5.07. The second kappa shape index (κ2) is 5.89. The minimum absolute atomic E-state index is 0.163. The molecule has 1 saturated heterocycles. The number of carboxylic acids is 1. The number of benzene rings is 2. The first-order chi connectivity index (χ1) is 10.6. The molecule has 112 valence electrons. The van der Waals surface area contributed by atoms with Crippen molar-refractivity contribution >= 4 is 17.6 Å². The number of nitrogens with zero attached hydrogens (tertiary/aromatic N) is 1. The lowest BCUT2D eigenvalue weighted by atomic mass is 10.2. The number of hydrogen-bond donors (Lipinski definition) is 1. The Morgan fingerprint density at radius 3 is 2.32 bits per heavy atom. The van der Waals surface area contributed by atoms with Crippen LogP contribution >= 0.6 is 0 Å². The average molecular weight is 297 g/mol. The lowest BCUT2D eigenvalue weighted by molar-refractivity contribution is -0.138. The van der Waals surface area contributed by atoms with Gasteiger partial charge in [0.15, 0.2) is 0 Å². The van der Waals surface area contributed by atoms with Crippen LogP contribution in [0, 0.1) is 0 Å². The fraction of sp³-hybridized carbons (Fsp3) is 0.176. The fourth-order valence-corrected chi connectivity index (χ4v) is 2.54. The third-order valence-corrected chi connectivity index (χ3v) is 3.59. The summed E-state index contributed by atoms with van der Waals surface area (Å²) in [5, 5.41) is 9.19. The Labute approximate surface area is 127 Å². The molecule has 1 amide bonds. The highest BCUT2D eigenvalue weighted by Gasteiger charge is 2.36. The predicted octanol–water partition coefficient (Wildman–Crippen LogP) is 3.06. The summed E-state index contributed by atoms with van der Waals surface area (Å²) >= 11 is 0. The lowest BCUT2D eigenvalue weighted by Crippen LogP contribution is -2.38. The Kier molecular flexibility index (Phi) is 3.78. The summed E-state index contributed by atoms with van der Waals surface area (Å²) in [5.41, 5.74) is 0.579. The monoisotopic (exact) mass is 297 g/mol. The van der Waals surface area contributed by atoms with Crippen molar-refractivity contribution in [3.8, 4) is 11.5 Å². The van der Waals surface area contributed by atoms with Gasteiger partial charge in [-0.15, -0.1) is 0 Å². The van der Waals surface area contributed by atoms with Crippen molar-refractivity contribution in [2.75, 3.05) is 4.90 Å². The average Bonchev–Trinajstić information content (AvgIpc) is 2.91. The number of rotatable bonds is 4. The SMILES string of the molecule is O=C(O)[C@@H]1CCC(=O)N1c1ccc(Oc2ccccc2)cc1. The lowest BCUT2D eigenvalue weighted by Gasteiger charge is -2.21. The number of carbonyl (C=O) groups excluding carboxylic acids is 1. The molecule has 0 radical (unpaired) electrons. The quantitative estimate of drug-likeness (QED) is 0.941. The number of amides is 1. The second-order valence-electron chi connectivity index (χ2n) is 5.07. The summed E-state index contributed by atoms with van der Waals surface area (Å²) in [5.74, 6) is 0.212. The minimum atomic E-state index is -0.976. The number of anilines is 1. The molecule has 2 aromatic rings. The smallest absolute Gasteiger partial charge is 0.326 e. The summed E-state index contributed by atoms with van der Waals surface area (Å²) in [6.45, 7) is 0. The van der Waals surface area contributed by atoms with Gasteiger partial charge in [0.05, 0.1) is 0 Å². The van der Waals surface area contributed by atoms with Crippen LogP contribution in [0.4, 0.5) is 5.69 Å². The maximum absolute atomic E-state index is 11.9. The molecule has 1 aliphatic rings. The van der Waals surface area contributed by atoms with Crippen LogP contribution in [0.5, 0.6) is 11.5 Å². The van der Waals surface area contributed by atoms with Crippen LogP contribution in [0.15, 0.2) is 54.6 Å². The molecule has 0 aromatic heterocycles. The van der Waals surface area contributed by atoms with E-state index in [1.807, 2.05) is 30.3 Å². The van der Waals surface area contributed by atoms with Crippen molar-refractivity contribution in [1.29, 1.82) is 0 Å². The Morgan fingerprint density at radius 1 is 1.05 bits per heavy atom. The van der Waals surface area contributed by atoms with Crippen molar-refractivity contribution in [3.63, 3.8) is 0 Å². The van der Waals surface area contributed by atoms with Gasteiger partial charge in [0.25, 0.3) is 0 Å². The molecule has 1 aliphatic heterocycles. The van der Waals surface area contributed by atoms with Crippen molar-refractivity contribution in [3.05, 3.63) is 54.6 Å². The van der Waals surface area contributed by atoms with Crippen LogP contribution < -0.4 is 9.64 Å². The Morgan fingerprint density at radius 2 is 1.68 bits per heavy atom. The van der Waals surface area contributed by atoms with Crippen molar-refractivity contribution in [2.45, 2.75) is 18.9 Å². The van der Waals surface area contributed by atoms with E-state index in [0.29, 0.717) is 17.9 Å². The molecule has 5 heteroatoms. The van der Waals surface area contributed by atoms with Crippen LogP contribution in [0.25, 0.3) is 0 Å². The molecule has 0 aliphatic carbocycles. The van der Waals surface area contributed by atoms with E-state index in [1.54, 1.807) is 24.3 Å². The molecule has 0 saturated carbocycles. The largest absolute Gasteiger partial charge is 0.480 e. The summed E-state index contributed by atoms with van der Waals surface area (Å²) in [7, 11) is 0. The number of ether oxygens (including phenoxy) is 1.